The van der Waals surface area contributed by atoms with Gasteiger partial charge in [-0.3, -0.25) is 0 Å². The third-order valence-electron chi connectivity index (χ3n) is 3.68. The molecule has 0 aliphatic rings. The van der Waals surface area contributed by atoms with E-state index >= 15 is 0 Å². The zero-order valence-electron chi connectivity index (χ0n) is 12.9. The molecule has 0 aliphatic heterocycles. The molecule has 0 aliphatic carbocycles. The third-order valence-corrected chi connectivity index (χ3v) is 4.65. The molecule has 2 aromatic carbocycles. The molecule has 2 aromatic heterocycles. The highest BCUT2D eigenvalue weighted by atomic mass is 32.1. The summed E-state index contributed by atoms with van der Waals surface area (Å²) in [6, 6.07) is 12.4. The van der Waals surface area contributed by atoms with Crippen LogP contribution in [0, 0.1) is 5.82 Å². The molecule has 0 saturated carbocycles. The molecule has 0 amide bonds. The predicted molar refractivity (Wildman–Crippen MR) is 94.7 cm³/mol. The number of oxazole rings is 1. The minimum Gasteiger partial charge on any atom is -0.443 e. The van der Waals surface area contributed by atoms with Crippen molar-refractivity contribution in [3.8, 4) is 22.6 Å². The molecule has 0 radical (unpaired) electrons. The van der Waals surface area contributed by atoms with Crippen LogP contribution in [-0.2, 0) is 0 Å². The molecule has 0 bridgehead atoms. The Bertz CT molecular complexity index is 1010. The minimum atomic E-state index is -0.319. The number of hydrogen-bond acceptors (Lipinski definition) is 5. The second kappa shape index (κ2) is 6.05. The Morgan fingerprint density at radius 2 is 2.08 bits per heavy atom. The summed E-state index contributed by atoms with van der Waals surface area (Å²) in [5.74, 6) is 0.237. The summed E-state index contributed by atoms with van der Waals surface area (Å²) in [5.41, 5.74) is 2.71. The molecule has 0 unspecified atom stereocenters. The van der Waals surface area contributed by atoms with E-state index in [9.17, 15) is 4.39 Å². The summed E-state index contributed by atoms with van der Waals surface area (Å²) >= 11 is 1.58. The van der Waals surface area contributed by atoms with Crippen molar-refractivity contribution in [2.45, 2.75) is 6.92 Å². The SMILES string of the molecule is CCNc1nc2ccc(-c3ocnc3-c3ccccc3F)cc2s1. The van der Waals surface area contributed by atoms with Crippen molar-refractivity contribution in [2.24, 2.45) is 0 Å². The lowest BCUT2D eigenvalue weighted by atomic mass is 10.1. The van der Waals surface area contributed by atoms with E-state index in [0.29, 0.717) is 17.0 Å². The van der Waals surface area contributed by atoms with Crippen molar-refractivity contribution in [1.82, 2.24) is 9.97 Å². The molecule has 6 heteroatoms. The van der Waals surface area contributed by atoms with Gasteiger partial charge in [-0.25, -0.2) is 14.4 Å². The average Bonchev–Trinajstić information content (AvgIpc) is 3.21. The Labute approximate surface area is 142 Å². The van der Waals surface area contributed by atoms with E-state index in [4.69, 9.17) is 4.42 Å². The van der Waals surface area contributed by atoms with Gasteiger partial charge in [-0.05, 0) is 37.3 Å². The summed E-state index contributed by atoms with van der Waals surface area (Å²) in [7, 11) is 0. The number of nitrogens with zero attached hydrogens (tertiary/aromatic N) is 2. The van der Waals surface area contributed by atoms with Gasteiger partial charge in [-0.15, -0.1) is 0 Å². The van der Waals surface area contributed by atoms with Gasteiger partial charge in [0, 0.05) is 17.7 Å². The Morgan fingerprint density at radius 1 is 1.21 bits per heavy atom. The fourth-order valence-electron chi connectivity index (χ4n) is 2.59. The highest BCUT2D eigenvalue weighted by Gasteiger charge is 2.17. The zero-order chi connectivity index (χ0) is 16.5. The lowest BCUT2D eigenvalue weighted by molar-refractivity contribution is 0.572. The van der Waals surface area contributed by atoms with Crippen molar-refractivity contribution in [3.63, 3.8) is 0 Å². The second-order valence-corrected chi connectivity index (χ2v) is 6.27. The fraction of sp³-hybridized carbons (Fsp3) is 0.111. The molecule has 2 heterocycles. The predicted octanol–water partition coefficient (Wildman–Crippen LogP) is 5.19. The summed E-state index contributed by atoms with van der Waals surface area (Å²) < 4.78 is 20.7. The van der Waals surface area contributed by atoms with Gasteiger partial charge < -0.3 is 9.73 Å². The topological polar surface area (TPSA) is 51.0 Å². The standard InChI is InChI=1S/C18H14FN3OS/c1-2-20-18-22-14-8-7-11(9-15(14)24-18)17-16(21-10-23-17)12-5-3-4-6-13(12)19/h3-10H,2H2,1H3,(H,20,22). The van der Waals surface area contributed by atoms with E-state index in [1.807, 2.05) is 25.1 Å². The molecular weight excluding hydrogens is 325 g/mol. The quantitative estimate of drug-likeness (QED) is 0.556. The molecule has 4 aromatic rings. The molecule has 0 spiro atoms. The maximum atomic E-state index is 14.1. The molecular formula is C18H14FN3OS. The maximum absolute atomic E-state index is 14.1. The maximum Gasteiger partial charge on any atom is 0.183 e. The lowest BCUT2D eigenvalue weighted by Gasteiger charge is -2.03. The van der Waals surface area contributed by atoms with Gasteiger partial charge >= 0.3 is 0 Å². The summed E-state index contributed by atoms with van der Waals surface area (Å²) in [6.45, 7) is 2.86. The summed E-state index contributed by atoms with van der Waals surface area (Å²) in [5, 5.41) is 4.10. The number of anilines is 1. The molecule has 120 valence electrons. The van der Waals surface area contributed by atoms with Gasteiger partial charge in [0.05, 0.1) is 10.2 Å². The zero-order valence-corrected chi connectivity index (χ0v) is 13.7. The van der Waals surface area contributed by atoms with Crippen molar-refractivity contribution < 1.29 is 8.81 Å². The van der Waals surface area contributed by atoms with E-state index in [1.54, 1.807) is 29.5 Å². The Hall–Kier alpha value is -2.73. The van der Waals surface area contributed by atoms with Crippen molar-refractivity contribution >= 4 is 26.7 Å². The van der Waals surface area contributed by atoms with Crippen molar-refractivity contribution in [1.29, 1.82) is 0 Å². The van der Waals surface area contributed by atoms with Gasteiger partial charge in [-0.2, -0.15) is 0 Å². The van der Waals surface area contributed by atoms with E-state index < -0.39 is 0 Å². The Kier molecular flexibility index (Phi) is 3.74. The van der Waals surface area contributed by atoms with Gasteiger partial charge in [0.15, 0.2) is 17.3 Å². The van der Waals surface area contributed by atoms with Crippen LogP contribution >= 0.6 is 11.3 Å². The molecule has 0 fully saturated rings. The van der Waals surface area contributed by atoms with E-state index in [1.165, 1.54) is 12.5 Å². The second-order valence-electron chi connectivity index (χ2n) is 5.24. The first-order valence-corrected chi connectivity index (χ1v) is 8.41. The third kappa shape index (κ3) is 2.55. The molecule has 0 atom stereocenters. The van der Waals surface area contributed by atoms with Gasteiger partial charge in [0.25, 0.3) is 0 Å². The molecule has 0 saturated heterocycles. The summed E-state index contributed by atoms with van der Waals surface area (Å²) in [4.78, 5) is 8.73. The number of nitrogens with one attached hydrogen (secondary N) is 1. The van der Waals surface area contributed by atoms with E-state index in [2.05, 4.69) is 15.3 Å². The van der Waals surface area contributed by atoms with Crippen LogP contribution in [0.15, 0.2) is 53.3 Å². The van der Waals surface area contributed by atoms with Crippen LogP contribution in [-0.4, -0.2) is 16.5 Å². The number of halogens is 1. The first-order valence-electron chi connectivity index (χ1n) is 7.59. The van der Waals surface area contributed by atoms with Crippen LogP contribution in [0.5, 0.6) is 0 Å². The first-order chi connectivity index (χ1) is 11.8. The fourth-order valence-corrected chi connectivity index (χ4v) is 3.56. The average molecular weight is 339 g/mol. The number of fused-ring (bicyclic) bond motifs is 1. The van der Waals surface area contributed by atoms with E-state index in [0.717, 1.165) is 27.5 Å². The van der Waals surface area contributed by atoms with Crippen molar-refractivity contribution in [3.05, 3.63) is 54.7 Å². The number of benzene rings is 2. The number of hydrogen-bond donors (Lipinski definition) is 1. The smallest absolute Gasteiger partial charge is 0.183 e. The van der Waals surface area contributed by atoms with Gasteiger partial charge in [0.2, 0.25) is 0 Å². The molecule has 4 nitrogen and oxygen atoms in total. The monoisotopic (exact) mass is 339 g/mol. The summed E-state index contributed by atoms with van der Waals surface area (Å²) in [6.07, 6.45) is 1.35. The number of aromatic nitrogens is 2. The first kappa shape index (κ1) is 14.8. The van der Waals surface area contributed by atoms with Crippen LogP contribution in [0.2, 0.25) is 0 Å². The highest BCUT2D eigenvalue weighted by Crippen LogP contribution is 2.35. The van der Waals surface area contributed by atoms with Gasteiger partial charge in [-0.1, -0.05) is 23.5 Å². The Balaban J connectivity index is 1.81. The van der Waals surface area contributed by atoms with Crippen LogP contribution in [0.4, 0.5) is 9.52 Å². The van der Waals surface area contributed by atoms with Gasteiger partial charge in [0.1, 0.15) is 11.5 Å². The number of rotatable bonds is 4. The van der Waals surface area contributed by atoms with Crippen LogP contribution in [0.25, 0.3) is 32.8 Å². The molecule has 4 rings (SSSR count). The largest absolute Gasteiger partial charge is 0.443 e. The molecule has 24 heavy (non-hydrogen) atoms. The van der Waals surface area contributed by atoms with Crippen LogP contribution in [0.3, 0.4) is 0 Å². The van der Waals surface area contributed by atoms with Crippen LogP contribution < -0.4 is 5.32 Å². The Morgan fingerprint density at radius 3 is 2.92 bits per heavy atom. The van der Waals surface area contributed by atoms with Crippen LogP contribution in [0.1, 0.15) is 6.92 Å². The highest BCUT2D eigenvalue weighted by molar-refractivity contribution is 7.22. The normalized spacial score (nSPS) is 11.1. The molecule has 1 N–H and O–H groups in total. The van der Waals surface area contributed by atoms with E-state index in [-0.39, 0.29) is 5.82 Å². The lowest BCUT2D eigenvalue weighted by Crippen LogP contribution is -1.94. The van der Waals surface area contributed by atoms with Crippen molar-refractivity contribution in [2.75, 3.05) is 11.9 Å². The minimum absolute atomic E-state index is 0.319. The number of thiazole rings is 1.